The summed E-state index contributed by atoms with van der Waals surface area (Å²) >= 11 is 0. The molecule has 0 fully saturated rings. The summed E-state index contributed by atoms with van der Waals surface area (Å²) in [6.45, 7) is 3.96. The number of hydrogen-bond acceptors (Lipinski definition) is 3. The molecule has 0 bridgehead atoms. The smallest absolute Gasteiger partial charge is 1.00 e. The molecule has 0 aliphatic rings. The van der Waals surface area contributed by atoms with Crippen LogP contribution in [0.4, 0.5) is 0 Å². The Morgan fingerprint density at radius 2 is 1.82 bits per heavy atom. The Morgan fingerprint density at radius 1 is 1.12 bits per heavy atom. The number of rotatable bonds is 10. The zero-order chi connectivity index (χ0) is 12.2. The molecule has 0 saturated heterocycles. The van der Waals surface area contributed by atoms with Crippen LogP contribution in [-0.4, -0.2) is 74.4 Å². The van der Waals surface area contributed by atoms with E-state index in [1.807, 2.05) is 0 Å². The van der Waals surface area contributed by atoms with Gasteiger partial charge in [0.25, 0.3) is 0 Å². The molecule has 0 rings (SSSR count). The molecule has 6 heteroatoms. The topological polar surface area (TPSA) is 78.4 Å². The molecule has 17 heavy (non-hydrogen) atoms. The molecular weight excluding hydrogens is 248 g/mol. The number of amides is 1. The molecule has 98 valence electrons. The van der Waals surface area contributed by atoms with E-state index in [9.17, 15) is 9.59 Å². The number of hydrogen-bond donors (Lipinski definition) is 3. The molecule has 0 heterocycles. The largest absolute Gasteiger partial charge is 2.00 e. The van der Waals surface area contributed by atoms with E-state index in [4.69, 9.17) is 5.11 Å². The number of aliphatic carboxylic acids is 1. The molecule has 3 N–H and O–H groups in total. The summed E-state index contributed by atoms with van der Waals surface area (Å²) in [6, 6.07) is 0. The van der Waals surface area contributed by atoms with Gasteiger partial charge in [0, 0.05) is 19.5 Å². The number of carboxylic acid groups (broad SMARTS) is 1. The van der Waals surface area contributed by atoms with E-state index in [1.165, 1.54) is 12.8 Å². The molecule has 0 saturated carbocycles. The van der Waals surface area contributed by atoms with Gasteiger partial charge in [-0.2, -0.15) is 0 Å². The van der Waals surface area contributed by atoms with Crippen LogP contribution in [0.25, 0.3) is 0 Å². The van der Waals surface area contributed by atoms with Gasteiger partial charge < -0.3 is 18.6 Å². The average Bonchev–Trinajstić information content (AvgIpc) is 2.22. The quantitative estimate of drug-likeness (QED) is 0.402. The Kier molecular flexibility index (Phi) is 16.3. The van der Waals surface area contributed by atoms with E-state index < -0.39 is 5.97 Å². The van der Waals surface area contributed by atoms with Crippen molar-refractivity contribution < 1.29 is 17.5 Å². The van der Waals surface area contributed by atoms with Crippen LogP contribution in [0.5, 0.6) is 0 Å². The SMILES string of the molecule is CCCCCNCCC(=O)NCCC(=O)O.[Ca+2].[H-].[H-]. The Hall–Kier alpha value is 0.160. The summed E-state index contributed by atoms with van der Waals surface area (Å²) in [5.41, 5.74) is 0. The minimum atomic E-state index is -0.891. The Bertz CT molecular complexity index is 222. The number of carbonyl (C=O) groups is 2. The van der Waals surface area contributed by atoms with Crippen molar-refractivity contribution in [2.24, 2.45) is 0 Å². The fourth-order valence-electron chi connectivity index (χ4n) is 1.22. The molecule has 0 aromatic carbocycles. The Morgan fingerprint density at radius 3 is 2.41 bits per heavy atom. The summed E-state index contributed by atoms with van der Waals surface area (Å²) < 4.78 is 0. The first-order valence-electron chi connectivity index (χ1n) is 5.86. The second-order valence-electron chi connectivity index (χ2n) is 3.70. The third kappa shape index (κ3) is 16.2. The van der Waals surface area contributed by atoms with Gasteiger partial charge in [0.1, 0.15) is 0 Å². The van der Waals surface area contributed by atoms with Gasteiger partial charge in [0.2, 0.25) is 5.91 Å². The molecule has 0 spiro atoms. The first-order valence-corrected chi connectivity index (χ1v) is 5.86. The second kappa shape index (κ2) is 14.2. The minimum absolute atomic E-state index is 0. The van der Waals surface area contributed by atoms with Gasteiger partial charge >= 0.3 is 43.7 Å². The average molecular weight is 272 g/mol. The minimum Gasteiger partial charge on any atom is -1.00 e. The van der Waals surface area contributed by atoms with Gasteiger partial charge in [-0.25, -0.2) is 0 Å². The van der Waals surface area contributed by atoms with E-state index in [-0.39, 0.29) is 59.5 Å². The van der Waals surface area contributed by atoms with Crippen molar-refractivity contribution in [3.05, 3.63) is 0 Å². The van der Waals surface area contributed by atoms with E-state index in [0.717, 1.165) is 13.0 Å². The Labute approximate surface area is 136 Å². The van der Waals surface area contributed by atoms with Crippen molar-refractivity contribution in [1.29, 1.82) is 0 Å². The summed E-state index contributed by atoms with van der Waals surface area (Å²) in [4.78, 5) is 21.3. The van der Waals surface area contributed by atoms with Crippen LogP contribution in [0.3, 0.4) is 0 Å². The van der Waals surface area contributed by atoms with Gasteiger partial charge in [-0.05, 0) is 13.0 Å². The third-order valence-corrected chi connectivity index (χ3v) is 2.15. The monoisotopic (exact) mass is 272 g/mol. The van der Waals surface area contributed by atoms with Crippen molar-refractivity contribution in [1.82, 2.24) is 10.6 Å². The van der Waals surface area contributed by atoms with Crippen LogP contribution in [0.15, 0.2) is 0 Å². The molecule has 1 amide bonds. The normalized spacial score (nSPS) is 9.47. The predicted molar refractivity (Wildman–Crippen MR) is 70.3 cm³/mol. The summed E-state index contributed by atoms with van der Waals surface area (Å²) in [7, 11) is 0. The molecule has 0 aliphatic carbocycles. The fraction of sp³-hybridized carbons (Fsp3) is 0.818. The zero-order valence-electron chi connectivity index (χ0n) is 12.6. The van der Waals surface area contributed by atoms with Gasteiger partial charge in [-0.3, -0.25) is 9.59 Å². The summed E-state index contributed by atoms with van der Waals surface area (Å²) in [5, 5.41) is 14.1. The van der Waals surface area contributed by atoms with E-state index in [2.05, 4.69) is 17.6 Å². The van der Waals surface area contributed by atoms with Crippen LogP contribution in [0.2, 0.25) is 0 Å². The number of carboxylic acids is 1. The fourth-order valence-corrected chi connectivity index (χ4v) is 1.22. The predicted octanol–water partition coefficient (Wildman–Crippen LogP) is 0.591. The van der Waals surface area contributed by atoms with Crippen molar-refractivity contribution in [3.8, 4) is 0 Å². The summed E-state index contributed by atoms with van der Waals surface area (Å²) in [6.07, 6.45) is 3.92. The molecule has 5 nitrogen and oxygen atoms in total. The number of carbonyl (C=O) groups excluding carboxylic acids is 1. The maximum Gasteiger partial charge on any atom is 2.00 e. The first-order chi connectivity index (χ1) is 7.66. The van der Waals surface area contributed by atoms with Crippen LogP contribution in [0.1, 0.15) is 41.9 Å². The van der Waals surface area contributed by atoms with Crippen LogP contribution in [-0.2, 0) is 9.59 Å². The van der Waals surface area contributed by atoms with Crippen molar-refractivity contribution in [2.45, 2.75) is 39.0 Å². The Balaban J connectivity index is -0.000000375. The van der Waals surface area contributed by atoms with Gasteiger partial charge in [-0.1, -0.05) is 19.8 Å². The molecule has 0 aliphatic heterocycles. The van der Waals surface area contributed by atoms with Crippen LogP contribution >= 0.6 is 0 Å². The van der Waals surface area contributed by atoms with E-state index in [0.29, 0.717) is 13.0 Å². The zero-order valence-corrected chi connectivity index (χ0v) is 12.8. The van der Waals surface area contributed by atoms with Crippen LogP contribution in [0, 0.1) is 0 Å². The molecule has 0 unspecified atom stereocenters. The molecule has 0 radical (unpaired) electrons. The van der Waals surface area contributed by atoms with Crippen molar-refractivity contribution in [2.75, 3.05) is 19.6 Å². The molecule has 0 atom stereocenters. The number of unbranched alkanes of at least 4 members (excludes halogenated alkanes) is 2. The third-order valence-electron chi connectivity index (χ3n) is 2.15. The van der Waals surface area contributed by atoms with Gasteiger partial charge in [-0.15, -0.1) is 0 Å². The van der Waals surface area contributed by atoms with Gasteiger partial charge in [0.05, 0.1) is 6.42 Å². The maximum absolute atomic E-state index is 11.2. The van der Waals surface area contributed by atoms with Crippen molar-refractivity contribution in [3.63, 3.8) is 0 Å². The van der Waals surface area contributed by atoms with E-state index in [1.54, 1.807) is 0 Å². The van der Waals surface area contributed by atoms with Crippen LogP contribution < -0.4 is 10.6 Å². The molecule has 0 aromatic rings. The maximum atomic E-state index is 11.2. The first kappa shape index (κ1) is 19.5. The number of nitrogens with one attached hydrogen (secondary N) is 2. The molecule has 0 aromatic heterocycles. The van der Waals surface area contributed by atoms with Crippen molar-refractivity contribution >= 4 is 49.6 Å². The van der Waals surface area contributed by atoms with E-state index >= 15 is 0 Å². The molecular formula is C11H24CaN2O3. The van der Waals surface area contributed by atoms with Gasteiger partial charge in [0.15, 0.2) is 0 Å². The summed E-state index contributed by atoms with van der Waals surface area (Å²) in [5.74, 6) is -0.984. The standard InChI is InChI=1S/C11H22N2O3.Ca.2H/c1-2-3-4-7-12-8-5-10(14)13-9-6-11(15)16;;;/h12H,2-9H2,1H3,(H,13,14)(H,15,16);;;/q;+2;2*-1. The second-order valence-corrected chi connectivity index (χ2v) is 3.70.